The van der Waals surface area contributed by atoms with E-state index in [-0.39, 0.29) is 42.8 Å². The van der Waals surface area contributed by atoms with Crippen LogP contribution < -0.4 is 21.8 Å². The van der Waals surface area contributed by atoms with E-state index in [0.717, 1.165) is 0 Å². The fourth-order valence-electron chi connectivity index (χ4n) is 2.62. The monoisotopic (exact) mass is 517 g/mol. The molecule has 188 valence electrons. The Hall–Kier alpha value is -3.81. The number of amidine groups is 1. The van der Waals surface area contributed by atoms with E-state index in [2.05, 4.69) is 20.3 Å². The SMILES string of the molecule is CC(F)(F)F.NC(=S)c1ccc(C(=O)Nc2cccc(C3(CF)COCC(N)=[NH+]3)n2)nc1.O=C=O. The summed E-state index contributed by atoms with van der Waals surface area (Å²) in [5, 5.41) is 2.63. The highest BCUT2D eigenvalue weighted by Crippen LogP contribution is 2.19. The summed E-state index contributed by atoms with van der Waals surface area (Å²) < 4.78 is 50.2. The first-order chi connectivity index (χ1) is 16.3. The summed E-state index contributed by atoms with van der Waals surface area (Å²) >= 11 is 4.85. The van der Waals surface area contributed by atoms with Gasteiger partial charge in [0.1, 0.15) is 29.8 Å². The first-order valence-corrected chi connectivity index (χ1v) is 9.90. The van der Waals surface area contributed by atoms with Gasteiger partial charge in [0.15, 0.2) is 5.54 Å². The van der Waals surface area contributed by atoms with E-state index >= 15 is 0 Å². The van der Waals surface area contributed by atoms with E-state index < -0.39 is 24.3 Å². The van der Waals surface area contributed by atoms with E-state index in [1.54, 1.807) is 24.3 Å². The van der Waals surface area contributed by atoms with Crippen molar-refractivity contribution >= 4 is 40.9 Å². The maximum atomic E-state index is 13.8. The first-order valence-electron chi connectivity index (χ1n) is 9.49. The van der Waals surface area contributed by atoms with Crippen LogP contribution in [0.15, 0.2) is 36.5 Å². The van der Waals surface area contributed by atoms with Crippen molar-refractivity contribution in [3.63, 3.8) is 0 Å². The lowest BCUT2D eigenvalue weighted by Gasteiger charge is -2.27. The van der Waals surface area contributed by atoms with Crippen LogP contribution in [0, 0.1) is 0 Å². The van der Waals surface area contributed by atoms with Crippen LogP contribution in [0.2, 0.25) is 0 Å². The van der Waals surface area contributed by atoms with Gasteiger partial charge >= 0.3 is 12.3 Å². The Kier molecular flexibility index (Phi) is 11.0. The molecule has 3 heterocycles. The number of nitrogens with one attached hydrogen (secondary N) is 2. The Morgan fingerprint density at radius 3 is 2.43 bits per heavy atom. The van der Waals surface area contributed by atoms with Gasteiger partial charge in [0.05, 0.1) is 12.3 Å². The van der Waals surface area contributed by atoms with E-state index in [4.69, 9.17) is 38.0 Å². The van der Waals surface area contributed by atoms with Crippen LogP contribution in [0.4, 0.5) is 23.4 Å². The highest BCUT2D eigenvalue weighted by atomic mass is 32.1. The number of alkyl halides is 4. The zero-order valence-corrected chi connectivity index (χ0v) is 19.0. The molecular formula is C20H21F4N6O4S+. The number of aromatic nitrogens is 2. The van der Waals surface area contributed by atoms with E-state index in [1.165, 1.54) is 12.3 Å². The molecule has 0 spiro atoms. The van der Waals surface area contributed by atoms with Crippen LogP contribution in [-0.2, 0) is 19.9 Å². The van der Waals surface area contributed by atoms with Crippen molar-refractivity contribution in [1.82, 2.24) is 9.97 Å². The predicted molar refractivity (Wildman–Crippen MR) is 118 cm³/mol. The van der Waals surface area contributed by atoms with Crippen molar-refractivity contribution < 1.29 is 41.7 Å². The summed E-state index contributed by atoms with van der Waals surface area (Å²) in [6.07, 6.45) is -2.33. The van der Waals surface area contributed by atoms with Gasteiger partial charge in [-0.2, -0.15) is 22.8 Å². The third kappa shape index (κ3) is 9.92. The Labute approximate surface area is 201 Å². The number of rotatable bonds is 5. The molecule has 15 heteroatoms. The van der Waals surface area contributed by atoms with Crippen molar-refractivity contribution in [3.05, 3.63) is 53.5 Å². The third-order valence-electron chi connectivity index (χ3n) is 4.00. The van der Waals surface area contributed by atoms with Crippen LogP contribution in [0.5, 0.6) is 0 Å². The van der Waals surface area contributed by atoms with Crippen molar-refractivity contribution in [2.24, 2.45) is 11.5 Å². The molecule has 35 heavy (non-hydrogen) atoms. The maximum absolute atomic E-state index is 13.8. The van der Waals surface area contributed by atoms with Crippen LogP contribution >= 0.6 is 12.2 Å². The van der Waals surface area contributed by atoms with E-state index in [1.807, 2.05) is 0 Å². The molecule has 0 bridgehead atoms. The van der Waals surface area contributed by atoms with Gasteiger partial charge in [-0.05, 0) is 24.3 Å². The Morgan fingerprint density at radius 1 is 1.31 bits per heavy atom. The second kappa shape index (κ2) is 13.2. The Morgan fingerprint density at radius 2 is 1.94 bits per heavy atom. The lowest BCUT2D eigenvalue weighted by Crippen LogP contribution is -2.92. The van der Waals surface area contributed by atoms with Gasteiger partial charge in [-0.3, -0.25) is 20.5 Å². The molecule has 1 amide bonds. The number of amides is 1. The highest BCUT2D eigenvalue weighted by Gasteiger charge is 2.40. The average molecular weight is 517 g/mol. The van der Waals surface area contributed by atoms with Gasteiger partial charge in [-0.1, -0.05) is 18.3 Å². The molecule has 0 fully saturated rings. The molecule has 1 unspecified atom stereocenters. The normalized spacial score (nSPS) is 16.8. The van der Waals surface area contributed by atoms with Gasteiger partial charge in [-0.15, -0.1) is 0 Å². The molecule has 0 aliphatic carbocycles. The highest BCUT2D eigenvalue weighted by molar-refractivity contribution is 7.80. The number of pyridine rings is 2. The zero-order valence-electron chi connectivity index (χ0n) is 18.2. The predicted octanol–water partition coefficient (Wildman–Crippen LogP) is -0.0190. The minimum Gasteiger partial charge on any atom is -0.389 e. The summed E-state index contributed by atoms with van der Waals surface area (Å²) in [5.74, 6) is 0.0936. The fraction of sp³-hybridized carbons (Fsp3) is 0.300. The number of carbonyl (C=O) groups excluding carboxylic acids is 3. The molecule has 2 aromatic rings. The number of anilines is 1. The topological polar surface area (TPSA) is 164 Å². The number of carbonyl (C=O) groups is 1. The second-order valence-corrected chi connectivity index (χ2v) is 7.32. The molecule has 0 aromatic carbocycles. The lowest BCUT2D eigenvalue weighted by molar-refractivity contribution is -0.582. The number of hydrogen-bond acceptors (Lipinski definition) is 8. The fourth-order valence-corrected chi connectivity index (χ4v) is 2.74. The van der Waals surface area contributed by atoms with E-state index in [0.29, 0.717) is 17.1 Å². The van der Waals surface area contributed by atoms with Crippen molar-refractivity contribution in [2.75, 3.05) is 25.2 Å². The number of hydrogen-bond donors (Lipinski definition) is 4. The molecule has 6 N–H and O–H groups in total. The molecule has 10 nitrogen and oxygen atoms in total. The number of nitrogens with zero attached hydrogens (tertiary/aromatic N) is 2. The second-order valence-electron chi connectivity index (χ2n) is 6.88. The number of nitrogens with two attached hydrogens (primary N) is 2. The average Bonchev–Trinajstić information content (AvgIpc) is 2.78. The summed E-state index contributed by atoms with van der Waals surface area (Å²) in [6, 6.07) is 8.00. The van der Waals surface area contributed by atoms with Crippen molar-refractivity contribution in [1.29, 1.82) is 0 Å². The molecular weight excluding hydrogens is 496 g/mol. The summed E-state index contributed by atoms with van der Waals surface area (Å²) in [6.45, 7) is -0.324. The number of thiocarbonyl (C=S) groups is 1. The molecule has 0 radical (unpaired) electrons. The maximum Gasteiger partial charge on any atom is 0.386 e. The first kappa shape index (κ1) is 29.2. The molecule has 0 saturated carbocycles. The van der Waals surface area contributed by atoms with Crippen LogP contribution in [0.1, 0.15) is 28.7 Å². The van der Waals surface area contributed by atoms with Crippen LogP contribution in [-0.4, -0.2) is 58.9 Å². The van der Waals surface area contributed by atoms with Crippen molar-refractivity contribution in [3.8, 4) is 0 Å². The van der Waals surface area contributed by atoms with Crippen LogP contribution in [0.25, 0.3) is 0 Å². The van der Waals surface area contributed by atoms with Gasteiger partial charge in [0.25, 0.3) is 11.7 Å². The van der Waals surface area contributed by atoms with E-state index in [9.17, 15) is 22.4 Å². The van der Waals surface area contributed by atoms with Crippen molar-refractivity contribution in [2.45, 2.75) is 18.6 Å². The Balaban J connectivity index is 0.000000669. The van der Waals surface area contributed by atoms with Crippen LogP contribution in [0.3, 0.4) is 0 Å². The molecule has 2 aromatic heterocycles. The molecule has 0 saturated heterocycles. The molecule has 3 rings (SSSR count). The minimum absolute atomic E-state index is 0.0661. The van der Waals surface area contributed by atoms with Gasteiger partial charge in [0.2, 0.25) is 0 Å². The summed E-state index contributed by atoms with van der Waals surface area (Å²) in [4.78, 5) is 40.1. The molecule has 1 atom stereocenters. The smallest absolute Gasteiger partial charge is 0.386 e. The Bertz CT molecular complexity index is 1090. The van der Waals surface area contributed by atoms with Gasteiger partial charge in [0, 0.05) is 18.7 Å². The van der Waals surface area contributed by atoms with Gasteiger partial charge in [-0.25, -0.2) is 9.37 Å². The summed E-state index contributed by atoms with van der Waals surface area (Å²) in [7, 11) is 0. The zero-order chi connectivity index (χ0) is 26.6. The third-order valence-corrected chi connectivity index (χ3v) is 4.23. The van der Waals surface area contributed by atoms with Gasteiger partial charge < -0.3 is 15.8 Å². The number of halogens is 4. The standard InChI is InChI=1S/C17H17FN6O2S.C2H3F3.CO2/c18-8-17(9-26-7-13(19)24-17)12-2-1-3-14(22-12)23-16(25)11-5-4-10(6-21-11)15(20)27;1-2(3,4)5;2-1-3/h1-6H,7-9H2,(H2,19,24)(H2,20,27)(H,22,23,25);1H3;/p+1. The quantitative estimate of drug-likeness (QED) is 0.315. The summed E-state index contributed by atoms with van der Waals surface area (Å²) in [5.41, 5.74) is 11.1. The minimum atomic E-state index is -4.00. The lowest BCUT2D eigenvalue weighted by atomic mass is 9.97. The molecule has 1 aliphatic heterocycles. The number of ether oxygens (including phenoxy) is 1. The largest absolute Gasteiger partial charge is 0.389 e. The molecule has 1 aliphatic rings.